The zero-order valence-corrected chi connectivity index (χ0v) is 17.5. The van der Waals surface area contributed by atoms with Gasteiger partial charge < -0.3 is 20.2 Å². The Balaban J connectivity index is 0.000000765. The molecule has 1 atom stereocenters. The topological polar surface area (TPSA) is 72.9 Å². The number of hydrogen-bond acceptors (Lipinski definition) is 4. The number of piperidine rings is 1. The van der Waals surface area contributed by atoms with Crippen molar-refractivity contribution in [3.05, 3.63) is 0 Å². The van der Waals surface area contributed by atoms with Crippen LogP contribution in [0.3, 0.4) is 0 Å². The molecule has 0 aromatic heterocycles. The maximum absolute atomic E-state index is 12.4. The molecule has 2 N–H and O–H groups in total. The van der Waals surface area contributed by atoms with Gasteiger partial charge in [-0.1, -0.05) is 34.6 Å². The number of nitrogens with zero attached hydrogens (tertiary/aromatic N) is 2. The van der Waals surface area contributed by atoms with Crippen molar-refractivity contribution in [1.29, 1.82) is 0 Å². The third-order valence-electron chi connectivity index (χ3n) is 4.61. The Morgan fingerprint density at radius 1 is 1.19 bits per heavy atom. The highest BCUT2D eigenvalue weighted by Gasteiger charge is 2.33. The van der Waals surface area contributed by atoms with E-state index in [1.165, 1.54) is 0 Å². The fraction of sp³-hybridized carbons (Fsp3) is 0.900. The molecule has 2 amide bonds. The largest absolute Gasteiger partial charge is 0.390 e. The van der Waals surface area contributed by atoms with Crippen LogP contribution in [0.2, 0.25) is 0 Å². The summed E-state index contributed by atoms with van der Waals surface area (Å²) in [6, 6.07) is -0.163. The molecule has 2 saturated heterocycles. The van der Waals surface area contributed by atoms with E-state index in [1.54, 1.807) is 9.80 Å². The molecule has 6 nitrogen and oxygen atoms in total. The third-order valence-corrected chi connectivity index (χ3v) is 4.61. The van der Waals surface area contributed by atoms with Gasteiger partial charge in [-0.2, -0.15) is 0 Å². The normalized spacial score (nSPS) is 23.1. The van der Waals surface area contributed by atoms with Crippen molar-refractivity contribution in [3.8, 4) is 0 Å². The minimum Gasteiger partial charge on any atom is -0.390 e. The molecule has 0 radical (unpaired) electrons. The Labute approximate surface area is 159 Å². The lowest BCUT2D eigenvalue weighted by Crippen LogP contribution is -2.58. The third kappa shape index (κ3) is 8.04. The summed E-state index contributed by atoms with van der Waals surface area (Å²) in [6.45, 7) is 15.1. The summed E-state index contributed by atoms with van der Waals surface area (Å²) in [4.78, 5) is 28.3. The van der Waals surface area contributed by atoms with E-state index in [9.17, 15) is 14.7 Å². The van der Waals surface area contributed by atoms with Gasteiger partial charge in [0, 0.05) is 26.2 Å². The SMILES string of the molecule is CC(C)C.CC(C)CC1NCCN(CC(=O)N2CCC(C)(O)CC2)C1=O. The number of hydrogen-bond donors (Lipinski definition) is 2. The predicted octanol–water partition coefficient (Wildman–Crippen LogP) is 1.87. The van der Waals surface area contributed by atoms with Crippen LogP contribution in [0.25, 0.3) is 0 Å². The van der Waals surface area contributed by atoms with Crippen LogP contribution in [-0.4, -0.2) is 71.1 Å². The van der Waals surface area contributed by atoms with Gasteiger partial charge in [0.2, 0.25) is 11.8 Å². The quantitative estimate of drug-likeness (QED) is 0.793. The zero-order chi connectivity index (χ0) is 19.9. The number of carbonyl (C=O) groups is 2. The van der Waals surface area contributed by atoms with Gasteiger partial charge in [-0.3, -0.25) is 9.59 Å². The lowest BCUT2D eigenvalue weighted by molar-refractivity contribution is -0.145. The number of nitrogens with one attached hydrogen (secondary N) is 1. The van der Waals surface area contributed by atoms with E-state index < -0.39 is 5.60 Å². The van der Waals surface area contributed by atoms with Crippen molar-refractivity contribution in [2.24, 2.45) is 11.8 Å². The number of aliphatic hydroxyl groups is 1. The molecule has 0 aromatic rings. The molecule has 152 valence electrons. The molecule has 6 heteroatoms. The van der Waals surface area contributed by atoms with Gasteiger partial charge in [0.1, 0.15) is 0 Å². The van der Waals surface area contributed by atoms with Crippen LogP contribution in [0.5, 0.6) is 0 Å². The molecule has 0 saturated carbocycles. The predicted molar refractivity (Wildman–Crippen MR) is 105 cm³/mol. The highest BCUT2D eigenvalue weighted by molar-refractivity contribution is 5.88. The Kier molecular flexibility index (Phi) is 9.04. The second-order valence-electron chi connectivity index (χ2n) is 9.01. The Bertz CT molecular complexity index is 450. The standard InChI is InChI=1S/C16H29N3O3.C4H10/c1-12(2)10-13-15(21)19(9-6-17-13)11-14(20)18-7-4-16(3,22)5-8-18;1-4(2)3/h12-13,17,22H,4-11H2,1-3H3;4H,1-3H3. The summed E-state index contributed by atoms with van der Waals surface area (Å²) in [7, 11) is 0. The van der Waals surface area contributed by atoms with Crippen LogP contribution in [0.15, 0.2) is 0 Å². The number of rotatable bonds is 4. The molecule has 0 spiro atoms. The summed E-state index contributed by atoms with van der Waals surface area (Å²) >= 11 is 0. The van der Waals surface area contributed by atoms with Crippen LogP contribution in [-0.2, 0) is 9.59 Å². The van der Waals surface area contributed by atoms with E-state index in [0.717, 1.165) is 18.9 Å². The Morgan fingerprint density at radius 2 is 1.73 bits per heavy atom. The van der Waals surface area contributed by atoms with Gasteiger partial charge >= 0.3 is 0 Å². The van der Waals surface area contributed by atoms with Crippen molar-refractivity contribution in [3.63, 3.8) is 0 Å². The highest BCUT2D eigenvalue weighted by atomic mass is 16.3. The molecule has 1 unspecified atom stereocenters. The average molecular weight is 370 g/mol. The first-order valence-corrected chi connectivity index (χ1v) is 10.0. The molecule has 2 heterocycles. The first-order chi connectivity index (χ1) is 12.0. The van der Waals surface area contributed by atoms with Gasteiger partial charge in [0.25, 0.3) is 0 Å². The molecule has 2 aliphatic heterocycles. The minimum atomic E-state index is -0.663. The van der Waals surface area contributed by atoms with E-state index >= 15 is 0 Å². The Morgan fingerprint density at radius 3 is 2.23 bits per heavy atom. The highest BCUT2D eigenvalue weighted by Crippen LogP contribution is 2.21. The molecule has 2 aliphatic rings. The molecule has 0 aliphatic carbocycles. The number of piperazine rings is 1. The van der Waals surface area contributed by atoms with Crippen LogP contribution < -0.4 is 5.32 Å². The molecule has 0 bridgehead atoms. The summed E-state index contributed by atoms with van der Waals surface area (Å²) < 4.78 is 0. The summed E-state index contributed by atoms with van der Waals surface area (Å²) in [5.74, 6) is 1.31. The Hall–Kier alpha value is -1.14. The first kappa shape index (κ1) is 22.9. The monoisotopic (exact) mass is 369 g/mol. The van der Waals surface area contributed by atoms with Gasteiger partial charge in [-0.25, -0.2) is 0 Å². The molecule has 0 aromatic carbocycles. The van der Waals surface area contributed by atoms with Crippen LogP contribution in [0.1, 0.15) is 60.8 Å². The number of amides is 2. The van der Waals surface area contributed by atoms with Crippen LogP contribution in [0.4, 0.5) is 0 Å². The average Bonchev–Trinajstić information content (AvgIpc) is 2.50. The molecule has 26 heavy (non-hydrogen) atoms. The second-order valence-corrected chi connectivity index (χ2v) is 9.01. The smallest absolute Gasteiger partial charge is 0.242 e. The van der Waals surface area contributed by atoms with E-state index in [2.05, 4.69) is 39.9 Å². The first-order valence-electron chi connectivity index (χ1n) is 10.0. The van der Waals surface area contributed by atoms with Crippen molar-refractivity contribution >= 4 is 11.8 Å². The maximum Gasteiger partial charge on any atom is 0.242 e. The fourth-order valence-electron chi connectivity index (χ4n) is 3.11. The molecular weight excluding hydrogens is 330 g/mol. The summed E-state index contributed by atoms with van der Waals surface area (Å²) in [6.07, 6.45) is 2.00. The minimum absolute atomic E-state index is 0.00551. The van der Waals surface area contributed by atoms with Gasteiger partial charge in [0.05, 0.1) is 18.2 Å². The van der Waals surface area contributed by atoms with E-state index in [-0.39, 0.29) is 24.4 Å². The summed E-state index contributed by atoms with van der Waals surface area (Å²) in [5.41, 5.74) is -0.663. The zero-order valence-electron chi connectivity index (χ0n) is 17.5. The second kappa shape index (κ2) is 10.3. The van der Waals surface area contributed by atoms with Gasteiger partial charge in [-0.15, -0.1) is 0 Å². The van der Waals surface area contributed by atoms with E-state index in [0.29, 0.717) is 38.4 Å². The summed E-state index contributed by atoms with van der Waals surface area (Å²) in [5, 5.41) is 13.2. The van der Waals surface area contributed by atoms with E-state index in [4.69, 9.17) is 0 Å². The molecule has 2 fully saturated rings. The van der Waals surface area contributed by atoms with Crippen molar-refractivity contribution in [2.45, 2.75) is 72.4 Å². The van der Waals surface area contributed by atoms with Gasteiger partial charge in [-0.05, 0) is 38.0 Å². The van der Waals surface area contributed by atoms with Crippen LogP contribution in [0, 0.1) is 11.8 Å². The van der Waals surface area contributed by atoms with Crippen molar-refractivity contribution in [2.75, 3.05) is 32.7 Å². The fourth-order valence-corrected chi connectivity index (χ4v) is 3.11. The lowest BCUT2D eigenvalue weighted by atomic mass is 9.94. The number of carbonyl (C=O) groups excluding carboxylic acids is 2. The van der Waals surface area contributed by atoms with Crippen LogP contribution >= 0.6 is 0 Å². The molecular formula is C20H39N3O3. The van der Waals surface area contributed by atoms with Gasteiger partial charge in [0.15, 0.2) is 0 Å². The lowest BCUT2D eigenvalue weighted by Gasteiger charge is -2.38. The van der Waals surface area contributed by atoms with Crippen molar-refractivity contribution in [1.82, 2.24) is 15.1 Å². The maximum atomic E-state index is 12.4. The van der Waals surface area contributed by atoms with E-state index in [1.807, 2.05) is 6.92 Å². The number of likely N-dealkylation sites (tertiary alicyclic amines) is 1. The van der Waals surface area contributed by atoms with Crippen molar-refractivity contribution < 1.29 is 14.7 Å². The molecule has 2 rings (SSSR count).